The largest absolute Gasteiger partial charge is 0.324 e. The topological polar surface area (TPSA) is 70.4 Å². The van der Waals surface area contributed by atoms with Crippen molar-refractivity contribution in [3.8, 4) is 11.8 Å². The molecule has 0 radical (unpaired) electrons. The first-order chi connectivity index (χ1) is 26.2. The number of aromatic nitrogens is 2. The Balaban J connectivity index is 1.22. The Morgan fingerprint density at radius 1 is 0.528 bits per heavy atom. The SMILES string of the molecule is N#Cc1ccc2sc3ccc(C4=NC(n5c6ccccc6c6ccc7c8ccccc8n(-c8ccccc8)c7c65)N=C(c5ccccc5)N4)cc3c2c1. The highest BCUT2D eigenvalue weighted by Gasteiger charge is 2.27. The Morgan fingerprint density at radius 2 is 1.13 bits per heavy atom. The van der Waals surface area contributed by atoms with Gasteiger partial charge in [0, 0.05) is 58.5 Å². The van der Waals surface area contributed by atoms with E-state index < -0.39 is 6.29 Å². The van der Waals surface area contributed by atoms with Crippen LogP contribution in [0.2, 0.25) is 0 Å². The standard InChI is InChI=1S/C46H28N6S/c47-27-28-19-23-40-36(25-28)37-26-30(20-24-41(37)53-40)45-48-44(29-11-3-1-4-12-29)49-46(50-45)52-39-18-10-8-16-33(39)35-22-21-34-32-15-7-9-17-38(32)51(42(34)43(35)52)31-13-5-2-6-14-31/h1-26,46H,(H,48,49,50). The molecule has 0 fully saturated rings. The highest BCUT2D eigenvalue weighted by Crippen LogP contribution is 2.42. The van der Waals surface area contributed by atoms with E-state index >= 15 is 0 Å². The molecular formula is C46H28N6S. The maximum Gasteiger partial charge on any atom is 0.225 e. The van der Waals surface area contributed by atoms with E-state index in [0.717, 1.165) is 76.8 Å². The third kappa shape index (κ3) is 4.50. The van der Waals surface area contributed by atoms with Crippen molar-refractivity contribution in [3.05, 3.63) is 174 Å². The van der Waals surface area contributed by atoms with Gasteiger partial charge in [-0.1, -0.05) is 97.1 Å². The fraction of sp³-hybridized carbons (Fsp3) is 0.0217. The number of rotatable bonds is 4. The fourth-order valence-electron chi connectivity index (χ4n) is 8.05. The molecule has 7 heteroatoms. The predicted molar refractivity (Wildman–Crippen MR) is 220 cm³/mol. The van der Waals surface area contributed by atoms with Gasteiger partial charge in [-0.3, -0.25) is 4.57 Å². The molecule has 0 amide bonds. The Bertz CT molecular complexity index is 3210. The van der Waals surface area contributed by atoms with E-state index in [-0.39, 0.29) is 0 Å². The molecule has 1 unspecified atom stereocenters. The van der Waals surface area contributed by atoms with Crippen molar-refractivity contribution in [2.75, 3.05) is 0 Å². The van der Waals surface area contributed by atoms with Crippen LogP contribution in [0.15, 0.2) is 168 Å². The molecule has 11 rings (SSSR count). The maximum atomic E-state index is 9.67. The molecule has 53 heavy (non-hydrogen) atoms. The van der Waals surface area contributed by atoms with E-state index in [9.17, 15) is 5.26 Å². The molecule has 10 aromatic rings. The third-order valence-corrected chi connectivity index (χ3v) is 11.5. The van der Waals surface area contributed by atoms with Crippen LogP contribution in [-0.2, 0) is 0 Å². The second-order valence-electron chi connectivity index (χ2n) is 13.4. The zero-order chi connectivity index (χ0) is 35.0. The summed E-state index contributed by atoms with van der Waals surface area (Å²) in [4.78, 5) is 10.9. The molecule has 0 bridgehead atoms. The van der Waals surface area contributed by atoms with Crippen molar-refractivity contribution in [1.29, 1.82) is 5.26 Å². The minimum absolute atomic E-state index is 0.614. The van der Waals surface area contributed by atoms with Crippen LogP contribution < -0.4 is 5.32 Å². The van der Waals surface area contributed by atoms with Crippen molar-refractivity contribution in [2.24, 2.45) is 9.98 Å². The number of nitriles is 1. The number of benzene rings is 7. The number of hydrogen-bond acceptors (Lipinski definition) is 5. The Labute approximate surface area is 307 Å². The van der Waals surface area contributed by atoms with Crippen molar-refractivity contribution in [1.82, 2.24) is 14.5 Å². The van der Waals surface area contributed by atoms with E-state index in [1.54, 1.807) is 11.3 Å². The summed E-state index contributed by atoms with van der Waals surface area (Å²) < 4.78 is 7.04. The quantitative estimate of drug-likeness (QED) is 0.199. The number of thiophene rings is 1. The number of para-hydroxylation sites is 3. The molecule has 1 atom stereocenters. The van der Waals surface area contributed by atoms with Gasteiger partial charge in [0.1, 0.15) is 11.7 Å². The van der Waals surface area contributed by atoms with Gasteiger partial charge < -0.3 is 9.88 Å². The number of amidine groups is 2. The summed E-state index contributed by atoms with van der Waals surface area (Å²) in [5.41, 5.74) is 8.11. The van der Waals surface area contributed by atoms with E-state index in [1.165, 1.54) is 15.5 Å². The molecule has 1 N–H and O–H groups in total. The molecular weight excluding hydrogens is 669 g/mol. The lowest BCUT2D eigenvalue weighted by Gasteiger charge is -2.24. The average Bonchev–Trinajstić information content (AvgIpc) is 3.88. The first kappa shape index (κ1) is 29.7. The summed E-state index contributed by atoms with van der Waals surface area (Å²) in [6.07, 6.45) is -0.614. The number of hydrogen-bond donors (Lipinski definition) is 1. The Morgan fingerprint density at radius 3 is 1.89 bits per heavy atom. The lowest BCUT2D eigenvalue weighted by Crippen LogP contribution is -2.36. The molecule has 248 valence electrons. The van der Waals surface area contributed by atoms with Crippen molar-refractivity contribution < 1.29 is 0 Å². The molecule has 3 aromatic heterocycles. The van der Waals surface area contributed by atoms with Gasteiger partial charge in [-0.15, -0.1) is 11.3 Å². The molecule has 1 aliphatic heterocycles. The minimum Gasteiger partial charge on any atom is -0.324 e. The van der Waals surface area contributed by atoms with Gasteiger partial charge in [-0.05, 0) is 60.7 Å². The van der Waals surface area contributed by atoms with E-state index in [4.69, 9.17) is 9.98 Å². The molecule has 0 saturated carbocycles. The number of nitrogens with zero attached hydrogens (tertiary/aromatic N) is 5. The second kappa shape index (κ2) is 11.5. The van der Waals surface area contributed by atoms with Crippen LogP contribution in [0.25, 0.3) is 69.5 Å². The Kier molecular flexibility index (Phi) is 6.45. The first-order valence-electron chi connectivity index (χ1n) is 17.6. The summed E-state index contributed by atoms with van der Waals surface area (Å²) in [6.45, 7) is 0. The second-order valence-corrected chi connectivity index (χ2v) is 14.4. The molecule has 4 heterocycles. The minimum atomic E-state index is -0.614. The van der Waals surface area contributed by atoms with Crippen LogP contribution in [0.3, 0.4) is 0 Å². The summed E-state index contributed by atoms with van der Waals surface area (Å²) >= 11 is 1.74. The van der Waals surface area contributed by atoms with Crippen LogP contribution in [-0.4, -0.2) is 20.8 Å². The monoisotopic (exact) mass is 696 g/mol. The first-order valence-corrected chi connectivity index (χ1v) is 18.4. The summed E-state index contributed by atoms with van der Waals surface area (Å²) in [6, 6.07) is 57.4. The third-order valence-electron chi connectivity index (χ3n) is 10.4. The summed E-state index contributed by atoms with van der Waals surface area (Å²) in [5, 5.41) is 20.2. The van der Waals surface area contributed by atoms with Gasteiger partial charge in [0.25, 0.3) is 0 Å². The molecule has 0 spiro atoms. The average molecular weight is 697 g/mol. The van der Waals surface area contributed by atoms with Crippen LogP contribution in [0.5, 0.6) is 0 Å². The van der Waals surface area contributed by atoms with E-state index in [1.807, 2.05) is 36.4 Å². The Hall–Kier alpha value is -7.01. The zero-order valence-electron chi connectivity index (χ0n) is 28.2. The van der Waals surface area contributed by atoms with Crippen LogP contribution in [0, 0.1) is 11.3 Å². The summed E-state index contributed by atoms with van der Waals surface area (Å²) in [5.74, 6) is 1.49. The number of fused-ring (bicyclic) bond motifs is 10. The fourth-order valence-corrected chi connectivity index (χ4v) is 9.12. The van der Waals surface area contributed by atoms with E-state index in [0.29, 0.717) is 5.56 Å². The lowest BCUT2D eigenvalue weighted by molar-refractivity contribution is 0.576. The molecule has 0 aliphatic carbocycles. The number of nitrogens with one attached hydrogen (secondary N) is 1. The van der Waals surface area contributed by atoms with E-state index in [2.05, 4.69) is 142 Å². The van der Waals surface area contributed by atoms with Gasteiger partial charge in [0.05, 0.1) is 33.7 Å². The highest BCUT2D eigenvalue weighted by molar-refractivity contribution is 7.25. The van der Waals surface area contributed by atoms with Crippen molar-refractivity contribution in [2.45, 2.75) is 6.29 Å². The van der Waals surface area contributed by atoms with Crippen LogP contribution in [0.4, 0.5) is 0 Å². The molecule has 1 aliphatic rings. The lowest BCUT2D eigenvalue weighted by atomic mass is 10.1. The zero-order valence-corrected chi connectivity index (χ0v) is 29.0. The highest BCUT2D eigenvalue weighted by atomic mass is 32.1. The maximum absolute atomic E-state index is 9.67. The molecule has 0 saturated heterocycles. The molecule has 7 aromatic carbocycles. The smallest absolute Gasteiger partial charge is 0.225 e. The van der Waals surface area contributed by atoms with Crippen molar-refractivity contribution in [3.63, 3.8) is 0 Å². The van der Waals surface area contributed by atoms with Crippen LogP contribution in [0.1, 0.15) is 23.0 Å². The van der Waals surface area contributed by atoms with Gasteiger partial charge in [0.2, 0.25) is 6.29 Å². The van der Waals surface area contributed by atoms with Gasteiger partial charge >= 0.3 is 0 Å². The molecule has 6 nitrogen and oxygen atoms in total. The predicted octanol–water partition coefficient (Wildman–Crippen LogP) is 11.1. The van der Waals surface area contributed by atoms with Gasteiger partial charge in [-0.2, -0.15) is 5.26 Å². The van der Waals surface area contributed by atoms with Gasteiger partial charge in [-0.25, -0.2) is 9.98 Å². The van der Waals surface area contributed by atoms with Crippen LogP contribution >= 0.6 is 11.3 Å². The van der Waals surface area contributed by atoms with Crippen molar-refractivity contribution >= 4 is 86.8 Å². The number of aliphatic imine (C=N–C) groups is 2. The van der Waals surface area contributed by atoms with Gasteiger partial charge in [0.15, 0.2) is 0 Å². The normalized spacial score (nSPS) is 14.6. The summed E-state index contributed by atoms with van der Waals surface area (Å²) in [7, 11) is 0.